The molecule has 2 heteroatoms. The summed E-state index contributed by atoms with van der Waals surface area (Å²) in [6.07, 6.45) is 5.56. The first kappa shape index (κ1) is 25.5. The molecule has 0 saturated heterocycles. The van der Waals surface area contributed by atoms with Crippen LogP contribution in [0.3, 0.4) is 0 Å². The average molecular weight is 519 g/mol. The van der Waals surface area contributed by atoms with Gasteiger partial charge < -0.3 is 9.80 Å². The van der Waals surface area contributed by atoms with E-state index >= 15 is 0 Å². The summed E-state index contributed by atoms with van der Waals surface area (Å²) < 4.78 is 0. The van der Waals surface area contributed by atoms with Crippen LogP contribution in [0.5, 0.6) is 0 Å². The highest BCUT2D eigenvalue weighted by atomic mass is 15.1. The minimum absolute atomic E-state index is 0.565. The van der Waals surface area contributed by atoms with Gasteiger partial charge in [-0.05, 0) is 77.2 Å². The molecule has 0 aliphatic heterocycles. The van der Waals surface area contributed by atoms with Crippen LogP contribution in [0.25, 0.3) is 22.3 Å². The lowest BCUT2D eigenvalue weighted by Crippen LogP contribution is -2.16. The summed E-state index contributed by atoms with van der Waals surface area (Å²) >= 11 is 0. The molecule has 0 heterocycles. The SMILES string of the molecule is C=CC1CC1=CCN(c1ccccc1)c1ccc(-c2ccc(N(C)c3ccc(-c4ccccc4)cc3)cc2)cc1. The Balaban J connectivity index is 1.17. The monoisotopic (exact) mass is 518 g/mol. The summed E-state index contributed by atoms with van der Waals surface area (Å²) in [5.74, 6) is 0.565. The van der Waals surface area contributed by atoms with Crippen molar-refractivity contribution in [2.75, 3.05) is 23.4 Å². The first-order valence-corrected chi connectivity index (χ1v) is 13.9. The lowest BCUT2D eigenvalue weighted by Gasteiger charge is -2.24. The number of rotatable bonds is 9. The molecule has 0 spiro atoms. The Kier molecular flexibility index (Phi) is 7.32. The van der Waals surface area contributed by atoms with E-state index in [1.807, 2.05) is 0 Å². The molecule has 0 amide bonds. The van der Waals surface area contributed by atoms with Gasteiger partial charge in [0, 0.05) is 42.3 Å². The fourth-order valence-corrected chi connectivity index (χ4v) is 5.21. The van der Waals surface area contributed by atoms with E-state index in [2.05, 4.69) is 169 Å². The van der Waals surface area contributed by atoms with Crippen LogP contribution in [0.15, 0.2) is 158 Å². The molecular formula is C38H34N2. The minimum Gasteiger partial charge on any atom is -0.345 e. The van der Waals surface area contributed by atoms with Gasteiger partial charge in [-0.25, -0.2) is 0 Å². The van der Waals surface area contributed by atoms with Crippen molar-refractivity contribution in [1.29, 1.82) is 0 Å². The van der Waals surface area contributed by atoms with Gasteiger partial charge in [0.15, 0.2) is 0 Å². The van der Waals surface area contributed by atoms with Crippen LogP contribution >= 0.6 is 0 Å². The summed E-state index contributed by atoms with van der Waals surface area (Å²) in [6, 6.07) is 47.6. The highest BCUT2D eigenvalue weighted by Crippen LogP contribution is 2.39. The lowest BCUT2D eigenvalue weighted by molar-refractivity contribution is 1.09. The van der Waals surface area contributed by atoms with Gasteiger partial charge in [0.1, 0.15) is 0 Å². The Morgan fingerprint density at radius 3 is 1.48 bits per heavy atom. The Morgan fingerprint density at radius 1 is 0.575 bits per heavy atom. The van der Waals surface area contributed by atoms with E-state index in [0.717, 1.165) is 18.7 Å². The molecule has 0 radical (unpaired) electrons. The van der Waals surface area contributed by atoms with Crippen molar-refractivity contribution in [3.63, 3.8) is 0 Å². The largest absolute Gasteiger partial charge is 0.345 e. The van der Waals surface area contributed by atoms with Crippen LogP contribution in [-0.4, -0.2) is 13.6 Å². The standard InChI is InChI=1S/C38H34N2/c1-3-29-28-34(29)26-27-40(37-12-8-5-9-13-37)38-24-18-33(19-25-38)32-16-22-36(23-17-32)39(2)35-20-14-31(15-21-35)30-10-6-4-7-11-30/h3-26,29H,1,27-28H2,2H3. The number of anilines is 4. The number of para-hydroxylation sites is 1. The highest BCUT2D eigenvalue weighted by molar-refractivity contribution is 5.74. The molecule has 0 aromatic heterocycles. The van der Waals surface area contributed by atoms with Gasteiger partial charge in [-0.15, -0.1) is 6.58 Å². The van der Waals surface area contributed by atoms with Crippen LogP contribution in [0.2, 0.25) is 0 Å². The third-order valence-electron chi connectivity index (χ3n) is 7.79. The molecule has 0 N–H and O–H groups in total. The lowest BCUT2D eigenvalue weighted by atomic mass is 10.0. The first-order chi connectivity index (χ1) is 19.7. The second kappa shape index (κ2) is 11.5. The summed E-state index contributed by atoms with van der Waals surface area (Å²) in [6.45, 7) is 4.80. The Morgan fingerprint density at radius 2 is 1.00 bits per heavy atom. The second-order valence-corrected chi connectivity index (χ2v) is 10.3. The summed E-state index contributed by atoms with van der Waals surface area (Å²) in [4.78, 5) is 4.60. The molecule has 1 aliphatic carbocycles. The zero-order valence-corrected chi connectivity index (χ0v) is 22.9. The molecular weight excluding hydrogens is 484 g/mol. The van der Waals surface area contributed by atoms with Gasteiger partial charge in [-0.3, -0.25) is 0 Å². The van der Waals surface area contributed by atoms with E-state index in [-0.39, 0.29) is 0 Å². The van der Waals surface area contributed by atoms with Crippen molar-refractivity contribution in [3.8, 4) is 22.3 Å². The predicted molar refractivity (Wildman–Crippen MR) is 172 cm³/mol. The van der Waals surface area contributed by atoms with Gasteiger partial charge >= 0.3 is 0 Å². The molecule has 5 aromatic carbocycles. The number of allylic oxidation sites excluding steroid dienone is 2. The summed E-state index contributed by atoms with van der Waals surface area (Å²) in [7, 11) is 2.12. The quantitative estimate of drug-likeness (QED) is 0.179. The molecule has 6 rings (SSSR count). The van der Waals surface area contributed by atoms with Crippen molar-refractivity contribution < 1.29 is 0 Å². The maximum Gasteiger partial charge on any atom is 0.0414 e. The topological polar surface area (TPSA) is 6.48 Å². The molecule has 1 aliphatic rings. The molecule has 1 unspecified atom stereocenters. The van der Waals surface area contributed by atoms with E-state index in [1.54, 1.807) is 0 Å². The first-order valence-electron chi connectivity index (χ1n) is 13.9. The van der Waals surface area contributed by atoms with Crippen molar-refractivity contribution in [1.82, 2.24) is 0 Å². The van der Waals surface area contributed by atoms with Crippen LogP contribution in [0, 0.1) is 5.92 Å². The zero-order chi connectivity index (χ0) is 27.3. The van der Waals surface area contributed by atoms with Crippen LogP contribution in [0.1, 0.15) is 6.42 Å². The molecule has 2 nitrogen and oxygen atoms in total. The zero-order valence-electron chi connectivity index (χ0n) is 22.9. The smallest absolute Gasteiger partial charge is 0.0414 e. The van der Waals surface area contributed by atoms with Gasteiger partial charge in [0.05, 0.1) is 0 Å². The predicted octanol–water partition coefficient (Wildman–Crippen LogP) is 10.1. The van der Waals surface area contributed by atoms with Crippen LogP contribution in [-0.2, 0) is 0 Å². The third-order valence-corrected chi connectivity index (χ3v) is 7.79. The molecule has 1 fully saturated rings. The Hall–Kier alpha value is -4.82. The van der Waals surface area contributed by atoms with Crippen LogP contribution in [0.4, 0.5) is 22.7 Å². The van der Waals surface area contributed by atoms with Gasteiger partial charge in [-0.2, -0.15) is 0 Å². The van der Waals surface area contributed by atoms with Crippen molar-refractivity contribution in [2.24, 2.45) is 5.92 Å². The average Bonchev–Trinajstić information content (AvgIpc) is 3.81. The van der Waals surface area contributed by atoms with Crippen molar-refractivity contribution in [2.45, 2.75) is 6.42 Å². The minimum atomic E-state index is 0.565. The van der Waals surface area contributed by atoms with Crippen molar-refractivity contribution in [3.05, 3.63) is 158 Å². The van der Waals surface area contributed by atoms with Gasteiger partial charge in [0.25, 0.3) is 0 Å². The molecule has 196 valence electrons. The normalized spacial score (nSPS) is 15.0. The molecule has 1 atom stereocenters. The van der Waals surface area contributed by atoms with Crippen molar-refractivity contribution >= 4 is 22.7 Å². The number of benzene rings is 5. The van der Waals surface area contributed by atoms with E-state index in [0.29, 0.717) is 5.92 Å². The Labute approximate surface area is 238 Å². The van der Waals surface area contributed by atoms with Gasteiger partial charge in [0.2, 0.25) is 0 Å². The second-order valence-electron chi connectivity index (χ2n) is 10.3. The molecule has 40 heavy (non-hydrogen) atoms. The molecule has 1 saturated carbocycles. The molecule has 0 bridgehead atoms. The number of hydrogen-bond donors (Lipinski definition) is 0. The fraction of sp³-hybridized carbons (Fsp3) is 0.105. The molecule has 5 aromatic rings. The maximum atomic E-state index is 3.94. The maximum absolute atomic E-state index is 3.94. The third kappa shape index (κ3) is 5.62. The van der Waals surface area contributed by atoms with E-state index in [1.165, 1.54) is 44.9 Å². The van der Waals surface area contributed by atoms with E-state index < -0.39 is 0 Å². The van der Waals surface area contributed by atoms with E-state index in [9.17, 15) is 0 Å². The van der Waals surface area contributed by atoms with Gasteiger partial charge in [-0.1, -0.05) is 103 Å². The Bertz CT molecular complexity index is 1580. The number of nitrogens with zero attached hydrogens (tertiary/aromatic N) is 2. The summed E-state index contributed by atoms with van der Waals surface area (Å²) in [5.41, 5.74) is 11.1. The number of hydrogen-bond acceptors (Lipinski definition) is 2. The summed E-state index contributed by atoms with van der Waals surface area (Å²) in [5, 5.41) is 0. The fourth-order valence-electron chi connectivity index (χ4n) is 5.21. The van der Waals surface area contributed by atoms with E-state index in [4.69, 9.17) is 0 Å². The highest BCUT2D eigenvalue weighted by Gasteiger charge is 2.25. The van der Waals surface area contributed by atoms with Crippen LogP contribution < -0.4 is 9.80 Å².